The Bertz CT molecular complexity index is 645. The SMILES string of the molecule is Cc1ccc(C2(NC(=O)Nc3ccc(Br)cc3)CC2)cc1. The van der Waals surface area contributed by atoms with Gasteiger partial charge in [-0.25, -0.2) is 4.79 Å². The van der Waals surface area contributed by atoms with E-state index in [1.54, 1.807) is 0 Å². The van der Waals surface area contributed by atoms with Crippen LogP contribution in [0.3, 0.4) is 0 Å². The Balaban J connectivity index is 1.67. The fraction of sp³-hybridized carbons (Fsp3) is 0.235. The monoisotopic (exact) mass is 344 g/mol. The van der Waals surface area contributed by atoms with Crippen molar-refractivity contribution in [1.29, 1.82) is 0 Å². The van der Waals surface area contributed by atoms with Gasteiger partial charge in [0.15, 0.2) is 0 Å². The zero-order valence-electron chi connectivity index (χ0n) is 11.8. The Hall–Kier alpha value is -1.81. The summed E-state index contributed by atoms with van der Waals surface area (Å²) in [4.78, 5) is 12.2. The predicted octanol–water partition coefficient (Wildman–Crippen LogP) is 4.57. The Labute approximate surface area is 132 Å². The van der Waals surface area contributed by atoms with Gasteiger partial charge in [0.05, 0.1) is 5.54 Å². The Morgan fingerprint density at radius 3 is 2.24 bits per heavy atom. The molecular formula is C17H17BrN2O. The van der Waals surface area contributed by atoms with Crippen LogP contribution >= 0.6 is 15.9 Å². The third-order valence-corrected chi connectivity index (χ3v) is 4.34. The number of benzene rings is 2. The number of hydrogen-bond acceptors (Lipinski definition) is 1. The molecule has 1 fully saturated rings. The quantitative estimate of drug-likeness (QED) is 0.841. The molecule has 0 atom stereocenters. The van der Waals surface area contributed by atoms with Gasteiger partial charge in [-0.05, 0) is 49.6 Å². The van der Waals surface area contributed by atoms with E-state index in [4.69, 9.17) is 0 Å². The predicted molar refractivity (Wildman–Crippen MR) is 88.4 cm³/mol. The average molecular weight is 345 g/mol. The molecule has 2 amide bonds. The fourth-order valence-electron chi connectivity index (χ4n) is 2.40. The number of urea groups is 1. The average Bonchev–Trinajstić information content (AvgIpc) is 3.23. The minimum Gasteiger partial charge on any atom is -0.328 e. The molecule has 0 bridgehead atoms. The van der Waals surface area contributed by atoms with E-state index in [0.29, 0.717) is 0 Å². The number of nitrogens with one attached hydrogen (secondary N) is 2. The zero-order chi connectivity index (χ0) is 14.9. The summed E-state index contributed by atoms with van der Waals surface area (Å²) in [6, 6.07) is 15.8. The molecule has 108 valence electrons. The molecule has 0 spiro atoms. The first-order valence-corrected chi connectivity index (χ1v) is 7.79. The van der Waals surface area contributed by atoms with Crippen LogP contribution in [0.4, 0.5) is 10.5 Å². The minimum atomic E-state index is -0.187. The Kier molecular flexibility index (Phi) is 3.72. The molecule has 21 heavy (non-hydrogen) atoms. The van der Waals surface area contributed by atoms with E-state index in [9.17, 15) is 4.79 Å². The molecule has 0 unspecified atom stereocenters. The standard InChI is InChI=1S/C17H17BrN2O/c1-12-2-4-13(5-3-12)17(10-11-17)20-16(21)19-15-8-6-14(18)7-9-15/h2-9H,10-11H2,1H3,(H2,19,20,21). The van der Waals surface area contributed by atoms with E-state index in [0.717, 1.165) is 23.0 Å². The van der Waals surface area contributed by atoms with Crippen molar-refractivity contribution in [2.75, 3.05) is 5.32 Å². The van der Waals surface area contributed by atoms with Gasteiger partial charge in [-0.2, -0.15) is 0 Å². The van der Waals surface area contributed by atoms with Crippen molar-refractivity contribution in [2.24, 2.45) is 0 Å². The number of aryl methyl sites for hydroxylation is 1. The lowest BCUT2D eigenvalue weighted by atomic mass is 10.0. The number of rotatable bonds is 3. The molecular weight excluding hydrogens is 328 g/mol. The van der Waals surface area contributed by atoms with Gasteiger partial charge in [0.1, 0.15) is 0 Å². The van der Waals surface area contributed by atoms with Crippen LogP contribution in [0.15, 0.2) is 53.0 Å². The molecule has 3 rings (SSSR count). The molecule has 1 aliphatic rings. The lowest BCUT2D eigenvalue weighted by Gasteiger charge is -2.18. The molecule has 4 heteroatoms. The summed E-state index contributed by atoms with van der Waals surface area (Å²) in [7, 11) is 0. The van der Waals surface area contributed by atoms with Gasteiger partial charge in [-0.3, -0.25) is 0 Å². The molecule has 1 saturated carbocycles. The van der Waals surface area contributed by atoms with Gasteiger partial charge < -0.3 is 10.6 Å². The van der Waals surface area contributed by atoms with Crippen LogP contribution in [-0.2, 0) is 5.54 Å². The van der Waals surface area contributed by atoms with Crippen LogP contribution < -0.4 is 10.6 Å². The van der Waals surface area contributed by atoms with Crippen molar-refractivity contribution >= 4 is 27.6 Å². The van der Waals surface area contributed by atoms with Crippen LogP contribution in [0.2, 0.25) is 0 Å². The topological polar surface area (TPSA) is 41.1 Å². The molecule has 2 aromatic carbocycles. The van der Waals surface area contributed by atoms with Gasteiger partial charge in [0, 0.05) is 10.2 Å². The molecule has 0 heterocycles. The van der Waals surface area contributed by atoms with Gasteiger partial charge >= 0.3 is 6.03 Å². The van der Waals surface area contributed by atoms with Crippen LogP contribution in [0.1, 0.15) is 24.0 Å². The highest BCUT2D eigenvalue weighted by atomic mass is 79.9. The second-order valence-corrected chi connectivity index (χ2v) is 6.45. The van der Waals surface area contributed by atoms with Crippen LogP contribution in [0.5, 0.6) is 0 Å². The number of amides is 2. The maximum absolute atomic E-state index is 12.2. The van der Waals surface area contributed by atoms with E-state index in [2.05, 4.69) is 57.8 Å². The molecule has 2 aromatic rings. The summed E-state index contributed by atoms with van der Waals surface area (Å²) < 4.78 is 0.992. The normalized spacial score (nSPS) is 15.3. The summed E-state index contributed by atoms with van der Waals surface area (Å²) in [6.45, 7) is 2.07. The molecule has 2 N–H and O–H groups in total. The Morgan fingerprint density at radius 2 is 1.67 bits per heavy atom. The van der Waals surface area contributed by atoms with E-state index >= 15 is 0 Å². The molecule has 0 radical (unpaired) electrons. The van der Waals surface area contributed by atoms with E-state index in [-0.39, 0.29) is 11.6 Å². The van der Waals surface area contributed by atoms with Crippen molar-refractivity contribution in [3.05, 3.63) is 64.1 Å². The van der Waals surface area contributed by atoms with Crippen LogP contribution in [0.25, 0.3) is 0 Å². The number of anilines is 1. The fourth-order valence-corrected chi connectivity index (χ4v) is 2.66. The maximum Gasteiger partial charge on any atom is 0.319 e. The van der Waals surface area contributed by atoms with Gasteiger partial charge in [-0.15, -0.1) is 0 Å². The van der Waals surface area contributed by atoms with E-state index < -0.39 is 0 Å². The summed E-state index contributed by atoms with van der Waals surface area (Å²) >= 11 is 3.38. The highest BCUT2D eigenvalue weighted by molar-refractivity contribution is 9.10. The largest absolute Gasteiger partial charge is 0.328 e. The number of carbonyl (C=O) groups is 1. The first-order valence-electron chi connectivity index (χ1n) is 6.99. The highest BCUT2D eigenvalue weighted by Gasteiger charge is 2.45. The van der Waals surface area contributed by atoms with Crippen molar-refractivity contribution in [1.82, 2.24) is 5.32 Å². The Morgan fingerprint density at radius 1 is 1.05 bits per heavy atom. The van der Waals surface area contributed by atoms with Crippen molar-refractivity contribution in [3.8, 4) is 0 Å². The summed E-state index contributed by atoms with van der Waals surface area (Å²) in [5.41, 5.74) is 3.01. The van der Waals surface area contributed by atoms with Crippen molar-refractivity contribution in [3.63, 3.8) is 0 Å². The smallest absolute Gasteiger partial charge is 0.319 e. The highest BCUT2D eigenvalue weighted by Crippen LogP contribution is 2.45. The van der Waals surface area contributed by atoms with Gasteiger partial charge in [-0.1, -0.05) is 45.8 Å². The first kappa shape index (κ1) is 14.1. The van der Waals surface area contributed by atoms with Crippen LogP contribution in [-0.4, -0.2) is 6.03 Å². The van der Waals surface area contributed by atoms with Crippen molar-refractivity contribution in [2.45, 2.75) is 25.3 Å². The number of carbonyl (C=O) groups excluding carboxylic acids is 1. The summed E-state index contributed by atoms with van der Waals surface area (Å²) in [5, 5.41) is 5.98. The second-order valence-electron chi connectivity index (χ2n) is 5.53. The molecule has 3 nitrogen and oxygen atoms in total. The zero-order valence-corrected chi connectivity index (χ0v) is 13.4. The van der Waals surface area contributed by atoms with E-state index in [1.165, 1.54) is 11.1 Å². The summed E-state index contributed by atoms with van der Waals surface area (Å²) in [6.07, 6.45) is 1.98. The molecule has 1 aliphatic carbocycles. The van der Waals surface area contributed by atoms with Gasteiger partial charge in [0.2, 0.25) is 0 Å². The molecule has 0 saturated heterocycles. The molecule has 0 aromatic heterocycles. The minimum absolute atomic E-state index is 0.157. The third kappa shape index (κ3) is 3.27. The lowest BCUT2D eigenvalue weighted by molar-refractivity contribution is 0.247. The third-order valence-electron chi connectivity index (χ3n) is 3.81. The maximum atomic E-state index is 12.2. The second kappa shape index (κ2) is 5.53. The van der Waals surface area contributed by atoms with E-state index in [1.807, 2.05) is 24.3 Å². The van der Waals surface area contributed by atoms with Crippen LogP contribution in [0, 0.1) is 6.92 Å². The van der Waals surface area contributed by atoms with Gasteiger partial charge in [0.25, 0.3) is 0 Å². The van der Waals surface area contributed by atoms with Crippen molar-refractivity contribution < 1.29 is 4.79 Å². The molecule has 0 aliphatic heterocycles. The number of hydrogen-bond donors (Lipinski definition) is 2. The summed E-state index contributed by atoms with van der Waals surface area (Å²) in [5.74, 6) is 0. The number of halogens is 1. The lowest BCUT2D eigenvalue weighted by Crippen LogP contribution is -2.38. The first-order chi connectivity index (χ1) is 10.1.